The number of hydrogen-bond donors (Lipinski definition) is 4. The zero-order chi connectivity index (χ0) is 48.2. The SMILES string of the molecule is COc1cnc(-c2nn(Cc3c(F)cc(OCCOC(=O)C(C)NC(=O)[C@H](CCCCNC(=O)OC(C)(C)C)NC(=O)OC(C)(C)C)cc3F)c3ccccc23)nc1Nc1ccnc(F)c1. The van der Waals surface area contributed by atoms with Gasteiger partial charge in [0, 0.05) is 47.6 Å². The van der Waals surface area contributed by atoms with Crippen molar-refractivity contribution in [1.29, 1.82) is 0 Å². The van der Waals surface area contributed by atoms with Crippen molar-refractivity contribution in [2.24, 2.45) is 0 Å². The Labute approximate surface area is 379 Å². The fraction of sp³-hybridized carbons (Fsp3) is 0.422. The molecule has 0 radical (unpaired) electrons. The maximum absolute atomic E-state index is 15.6. The number of nitrogens with one attached hydrogen (secondary N) is 4. The van der Waals surface area contributed by atoms with Crippen LogP contribution in [0.5, 0.6) is 11.5 Å². The number of fused-ring (bicyclic) bond motifs is 1. The number of esters is 1. The average molecular weight is 922 g/mol. The smallest absolute Gasteiger partial charge is 0.408 e. The van der Waals surface area contributed by atoms with Crippen LogP contribution in [0.3, 0.4) is 0 Å². The van der Waals surface area contributed by atoms with Crippen LogP contribution < -0.4 is 30.7 Å². The lowest BCUT2D eigenvalue weighted by molar-refractivity contribution is -0.148. The van der Waals surface area contributed by atoms with Crippen LogP contribution in [-0.2, 0) is 30.3 Å². The molecule has 0 saturated carbocycles. The summed E-state index contributed by atoms with van der Waals surface area (Å²) in [6.45, 7) is 10.9. The quantitative estimate of drug-likeness (QED) is 0.0281. The van der Waals surface area contributed by atoms with E-state index in [9.17, 15) is 23.6 Å². The van der Waals surface area contributed by atoms with Gasteiger partial charge in [0.05, 0.1) is 25.4 Å². The Morgan fingerprint density at radius 1 is 0.848 bits per heavy atom. The molecule has 18 nitrogen and oxygen atoms in total. The number of para-hydroxylation sites is 1. The Kier molecular flexibility index (Phi) is 16.7. The second-order valence-electron chi connectivity index (χ2n) is 16.9. The minimum atomic E-state index is -1.16. The van der Waals surface area contributed by atoms with E-state index in [1.807, 2.05) is 0 Å². The average Bonchev–Trinajstić information content (AvgIpc) is 3.60. The van der Waals surface area contributed by atoms with Gasteiger partial charge in [-0.25, -0.2) is 38.1 Å². The number of unbranched alkanes of at least 4 members (excludes halogenated alkanes) is 1. The molecule has 5 rings (SSSR count). The lowest BCUT2D eigenvalue weighted by Gasteiger charge is -2.24. The van der Waals surface area contributed by atoms with Crippen molar-refractivity contribution in [3.8, 4) is 23.0 Å². The summed E-state index contributed by atoms with van der Waals surface area (Å²) >= 11 is 0. The summed E-state index contributed by atoms with van der Waals surface area (Å²) in [6, 6.07) is 9.47. The fourth-order valence-electron chi connectivity index (χ4n) is 6.21. The first-order valence-electron chi connectivity index (χ1n) is 21.0. The van der Waals surface area contributed by atoms with Crippen molar-refractivity contribution in [3.63, 3.8) is 0 Å². The minimum absolute atomic E-state index is 0.151. The number of hydrogen-bond acceptors (Lipinski definition) is 14. The molecule has 0 aliphatic carbocycles. The maximum atomic E-state index is 15.6. The number of carbonyl (C=O) groups excluding carboxylic acids is 4. The molecule has 3 heterocycles. The second kappa shape index (κ2) is 22.1. The molecule has 21 heteroatoms. The molecule has 0 aliphatic heterocycles. The lowest BCUT2D eigenvalue weighted by Crippen LogP contribution is -2.52. The number of alkyl carbamates (subject to hydrolysis) is 2. The predicted molar refractivity (Wildman–Crippen MR) is 236 cm³/mol. The van der Waals surface area contributed by atoms with Crippen LogP contribution in [0.15, 0.2) is 60.9 Å². The third kappa shape index (κ3) is 14.7. The van der Waals surface area contributed by atoms with Gasteiger partial charge in [0.2, 0.25) is 11.9 Å². The summed E-state index contributed by atoms with van der Waals surface area (Å²) < 4.78 is 73.0. The molecule has 0 saturated heterocycles. The lowest BCUT2D eigenvalue weighted by atomic mass is 10.1. The highest BCUT2D eigenvalue weighted by molar-refractivity contribution is 5.92. The number of aromatic nitrogens is 5. The first-order valence-corrected chi connectivity index (χ1v) is 21.0. The number of anilines is 2. The standard InChI is InChI=1S/C45H54F3N9O9/c1-26(52-40(58)33(54-43(61)66-45(5,6)7)14-11-12-17-50-42(60)65-44(2,3)4)41(59)64-20-19-63-28-22-31(46)30(32(47)23-28)25-57-34-15-10-9-13-29(34)37(56-57)39-51-24-35(62-8)38(55-39)53-27-16-18-49-36(48)21-27/h9-10,13,15-16,18,21-24,26,33H,11-12,14,17,19-20,25H2,1-8H3,(H,50,60)(H,52,58)(H,54,61)(H,49,51,53,55)/t26?,33-/m0/s1. The summed E-state index contributed by atoms with van der Waals surface area (Å²) in [7, 11) is 1.43. The predicted octanol–water partition coefficient (Wildman–Crippen LogP) is 7.12. The number of benzene rings is 2. The van der Waals surface area contributed by atoms with E-state index >= 15 is 8.78 Å². The van der Waals surface area contributed by atoms with Crippen molar-refractivity contribution in [2.75, 3.05) is 32.2 Å². The summed E-state index contributed by atoms with van der Waals surface area (Å²) in [5.41, 5.74) is -0.622. The van der Waals surface area contributed by atoms with E-state index in [0.29, 0.717) is 35.1 Å². The highest BCUT2D eigenvalue weighted by Crippen LogP contribution is 2.32. The molecule has 2 atom stereocenters. The molecular formula is C45H54F3N9O9. The number of amides is 3. The molecule has 3 amide bonds. The van der Waals surface area contributed by atoms with Crippen molar-refractivity contribution in [2.45, 2.75) is 97.6 Å². The Balaban J connectivity index is 1.16. The van der Waals surface area contributed by atoms with Gasteiger partial charge in [-0.3, -0.25) is 9.48 Å². The molecule has 354 valence electrons. The van der Waals surface area contributed by atoms with Gasteiger partial charge in [-0.05, 0) is 79.9 Å². The maximum Gasteiger partial charge on any atom is 0.408 e. The normalized spacial score (nSPS) is 12.4. The van der Waals surface area contributed by atoms with E-state index in [1.165, 1.54) is 37.2 Å². The Bertz CT molecular complexity index is 2490. The largest absolute Gasteiger partial charge is 0.491 e. The summed E-state index contributed by atoms with van der Waals surface area (Å²) in [6.07, 6.45) is 2.30. The number of pyridine rings is 1. The molecular weight excluding hydrogens is 868 g/mol. The topological polar surface area (TPSA) is 219 Å². The summed E-state index contributed by atoms with van der Waals surface area (Å²) in [5.74, 6) is -3.61. The van der Waals surface area contributed by atoms with Crippen molar-refractivity contribution in [1.82, 2.24) is 40.7 Å². The van der Waals surface area contributed by atoms with Gasteiger partial charge in [0.1, 0.15) is 59.6 Å². The summed E-state index contributed by atoms with van der Waals surface area (Å²) in [4.78, 5) is 63.1. The minimum Gasteiger partial charge on any atom is -0.491 e. The van der Waals surface area contributed by atoms with Gasteiger partial charge in [-0.1, -0.05) is 18.2 Å². The van der Waals surface area contributed by atoms with Gasteiger partial charge >= 0.3 is 18.2 Å². The number of rotatable bonds is 19. The van der Waals surface area contributed by atoms with E-state index in [1.54, 1.807) is 71.9 Å². The van der Waals surface area contributed by atoms with E-state index in [2.05, 4.69) is 41.3 Å². The zero-order valence-electron chi connectivity index (χ0n) is 37.9. The van der Waals surface area contributed by atoms with E-state index in [4.69, 9.17) is 23.7 Å². The van der Waals surface area contributed by atoms with Crippen LogP contribution in [0, 0.1) is 17.6 Å². The van der Waals surface area contributed by atoms with Gasteiger partial charge in [-0.2, -0.15) is 9.49 Å². The van der Waals surface area contributed by atoms with E-state index in [-0.39, 0.29) is 61.4 Å². The van der Waals surface area contributed by atoms with Crippen molar-refractivity contribution < 1.29 is 56.0 Å². The van der Waals surface area contributed by atoms with Crippen molar-refractivity contribution >= 4 is 46.5 Å². The number of nitrogens with zero attached hydrogens (tertiary/aromatic N) is 5. The van der Waals surface area contributed by atoms with Crippen LogP contribution in [0.2, 0.25) is 0 Å². The Morgan fingerprint density at radius 2 is 1.55 bits per heavy atom. The molecule has 2 aromatic carbocycles. The number of halogens is 3. The van der Waals surface area contributed by atoms with Crippen LogP contribution in [0.25, 0.3) is 22.4 Å². The van der Waals surface area contributed by atoms with E-state index < -0.39 is 64.9 Å². The first-order chi connectivity index (χ1) is 31.2. The molecule has 4 N–H and O–H groups in total. The molecule has 0 aliphatic rings. The molecule has 0 fully saturated rings. The second-order valence-corrected chi connectivity index (χ2v) is 16.9. The fourth-order valence-corrected chi connectivity index (χ4v) is 6.21. The van der Waals surface area contributed by atoms with Gasteiger partial charge in [0.15, 0.2) is 17.4 Å². The molecule has 3 aromatic heterocycles. The Morgan fingerprint density at radius 3 is 2.23 bits per heavy atom. The first kappa shape index (κ1) is 49.8. The monoisotopic (exact) mass is 921 g/mol. The Hall–Kier alpha value is -7.19. The number of carbonyl (C=O) groups is 4. The number of methoxy groups -OCH3 is 1. The van der Waals surface area contributed by atoms with Gasteiger partial charge in [0.25, 0.3) is 0 Å². The third-order valence-electron chi connectivity index (χ3n) is 9.16. The molecule has 66 heavy (non-hydrogen) atoms. The van der Waals surface area contributed by atoms with Crippen LogP contribution in [0.4, 0.5) is 34.3 Å². The van der Waals surface area contributed by atoms with Crippen LogP contribution in [-0.4, -0.2) is 98.9 Å². The molecule has 5 aromatic rings. The van der Waals surface area contributed by atoms with E-state index in [0.717, 1.165) is 12.1 Å². The third-order valence-corrected chi connectivity index (χ3v) is 9.16. The highest BCUT2D eigenvalue weighted by atomic mass is 19.1. The van der Waals surface area contributed by atoms with Crippen LogP contribution >= 0.6 is 0 Å². The van der Waals surface area contributed by atoms with Gasteiger partial charge in [-0.15, -0.1) is 0 Å². The molecule has 0 bridgehead atoms. The molecule has 1 unspecified atom stereocenters. The number of ether oxygens (including phenoxy) is 5. The summed E-state index contributed by atoms with van der Waals surface area (Å²) in [5, 5.41) is 15.9. The zero-order valence-corrected chi connectivity index (χ0v) is 37.9. The highest BCUT2D eigenvalue weighted by Gasteiger charge is 2.28. The molecule has 0 spiro atoms. The van der Waals surface area contributed by atoms with Crippen molar-refractivity contribution in [3.05, 3.63) is 84.1 Å². The van der Waals surface area contributed by atoms with Crippen LogP contribution in [0.1, 0.15) is 73.3 Å². The van der Waals surface area contributed by atoms with Gasteiger partial charge < -0.3 is 45.0 Å².